The maximum absolute atomic E-state index is 11.6. The van der Waals surface area contributed by atoms with E-state index in [-0.39, 0.29) is 5.56 Å². The number of nitrogen functional groups attached to an aromatic ring is 1. The molecule has 0 bridgehead atoms. The minimum absolute atomic E-state index is 0.0794. The van der Waals surface area contributed by atoms with Gasteiger partial charge in [-0.05, 0) is 0 Å². The molecule has 0 radical (unpaired) electrons. The molecule has 0 aliphatic heterocycles. The van der Waals surface area contributed by atoms with Crippen LogP contribution in [0.1, 0.15) is 0 Å². The van der Waals surface area contributed by atoms with E-state index in [1.54, 1.807) is 31.2 Å². The number of aryl methyl sites for hydroxylation is 2. The molecule has 0 saturated heterocycles. The molecule has 0 amide bonds. The number of hydrogen-bond donors (Lipinski definition) is 1. The van der Waals surface area contributed by atoms with E-state index in [2.05, 4.69) is 4.98 Å². The zero-order valence-corrected chi connectivity index (χ0v) is 7.48. The number of aromatic nitrogens is 3. The summed E-state index contributed by atoms with van der Waals surface area (Å²) in [6, 6.07) is 0. The van der Waals surface area contributed by atoms with Crippen molar-refractivity contribution in [2.45, 2.75) is 0 Å². The van der Waals surface area contributed by atoms with Crippen LogP contribution in [0.25, 0.3) is 11.0 Å². The van der Waals surface area contributed by atoms with Crippen LogP contribution in [0, 0.1) is 0 Å². The standard InChI is InChI=1S/C8H10N4O/c1-11-3-5(9)6-7(8(11)13)12(2)4-10-6/h3-4H,9H2,1-2H3. The third-order valence-corrected chi connectivity index (χ3v) is 2.07. The summed E-state index contributed by atoms with van der Waals surface area (Å²) >= 11 is 0. The summed E-state index contributed by atoms with van der Waals surface area (Å²) in [4.78, 5) is 15.7. The Balaban J connectivity index is 3.10. The van der Waals surface area contributed by atoms with E-state index < -0.39 is 0 Å². The molecule has 5 nitrogen and oxygen atoms in total. The minimum atomic E-state index is -0.0794. The van der Waals surface area contributed by atoms with E-state index in [0.29, 0.717) is 16.7 Å². The Bertz CT molecular complexity index is 523. The summed E-state index contributed by atoms with van der Waals surface area (Å²) in [7, 11) is 3.45. The second-order valence-electron chi connectivity index (χ2n) is 3.05. The summed E-state index contributed by atoms with van der Waals surface area (Å²) in [6.07, 6.45) is 3.17. The Labute approximate surface area is 74.4 Å². The number of nitrogens with zero attached hydrogens (tertiary/aromatic N) is 3. The summed E-state index contributed by atoms with van der Waals surface area (Å²) in [6.45, 7) is 0. The number of fused-ring (bicyclic) bond motifs is 1. The molecule has 13 heavy (non-hydrogen) atoms. The van der Waals surface area contributed by atoms with Crippen molar-refractivity contribution in [1.29, 1.82) is 0 Å². The molecule has 0 fully saturated rings. The monoisotopic (exact) mass is 178 g/mol. The molecule has 68 valence electrons. The van der Waals surface area contributed by atoms with E-state index in [4.69, 9.17) is 5.73 Å². The Morgan fingerprint density at radius 2 is 2.08 bits per heavy atom. The van der Waals surface area contributed by atoms with Crippen molar-refractivity contribution in [3.05, 3.63) is 22.9 Å². The zero-order chi connectivity index (χ0) is 9.59. The third-order valence-electron chi connectivity index (χ3n) is 2.07. The van der Waals surface area contributed by atoms with E-state index in [9.17, 15) is 4.79 Å². The van der Waals surface area contributed by atoms with Gasteiger partial charge >= 0.3 is 0 Å². The van der Waals surface area contributed by atoms with Crippen LogP contribution in [0.4, 0.5) is 5.69 Å². The lowest BCUT2D eigenvalue weighted by Crippen LogP contribution is -2.18. The van der Waals surface area contributed by atoms with Gasteiger partial charge in [-0.25, -0.2) is 4.98 Å². The van der Waals surface area contributed by atoms with Gasteiger partial charge in [-0.1, -0.05) is 0 Å². The lowest BCUT2D eigenvalue weighted by Gasteiger charge is -2.01. The Morgan fingerprint density at radius 3 is 2.77 bits per heavy atom. The number of hydrogen-bond acceptors (Lipinski definition) is 3. The van der Waals surface area contributed by atoms with Gasteiger partial charge in [-0.2, -0.15) is 0 Å². The minimum Gasteiger partial charge on any atom is -0.396 e. The fourth-order valence-electron chi connectivity index (χ4n) is 1.39. The molecule has 2 N–H and O–H groups in total. The fourth-order valence-corrected chi connectivity index (χ4v) is 1.39. The lowest BCUT2D eigenvalue weighted by atomic mass is 10.3. The van der Waals surface area contributed by atoms with Gasteiger partial charge in [0.1, 0.15) is 11.0 Å². The maximum atomic E-state index is 11.6. The average Bonchev–Trinajstić information content (AvgIpc) is 2.44. The van der Waals surface area contributed by atoms with Gasteiger partial charge in [0.05, 0.1) is 12.0 Å². The topological polar surface area (TPSA) is 65.8 Å². The third kappa shape index (κ3) is 0.932. The van der Waals surface area contributed by atoms with Crippen LogP contribution in [0.2, 0.25) is 0 Å². The molecule has 0 spiro atoms. The molecule has 0 aliphatic carbocycles. The van der Waals surface area contributed by atoms with Gasteiger partial charge in [0, 0.05) is 20.3 Å². The van der Waals surface area contributed by atoms with Crippen molar-refractivity contribution >= 4 is 16.7 Å². The molecule has 0 aliphatic rings. The number of anilines is 1. The molecular weight excluding hydrogens is 168 g/mol. The molecule has 2 rings (SSSR count). The Kier molecular flexibility index (Phi) is 1.42. The SMILES string of the molecule is Cn1cc(N)c2ncn(C)c2c1=O. The van der Waals surface area contributed by atoms with Crippen LogP contribution in [0.3, 0.4) is 0 Å². The number of rotatable bonds is 0. The molecule has 0 unspecified atom stereocenters. The highest BCUT2D eigenvalue weighted by Crippen LogP contribution is 2.13. The molecule has 0 aromatic carbocycles. The van der Waals surface area contributed by atoms with E-state index >= 15 is 0 Å². The highest BCUT2D eigenvalue weighted by molar-refractivity contribution is 5.85. The molecule has 0 saturated carbocycles. The Morgan fingerprint density at radius 1 is 1.38 bits per heavy atom. The van der Waals surface area contributed by atoms with Gasteiger partial charge in [-0.3, -0.25) is 4.79 Å². The van der Waals surface area contributed by atoms with E-state index in [1.807, 2.05) is 0 Å². The molecule has 2 aromatic rings. The molecule has 5 heteroatoms. The van der Waals surface area contributed by atoms with E-state index in [0.717, 1.165) is 0 Å². The van der Waals surface area contributed by atoms with Crippen LogP contribution in [-0.2, 0) is 14.1 Å². The van der Waals surface area contributed by atoms with Crippen LogP contribution in [0.15, 0.2) is 17.3 Å². The predicted molar refractivity (Wildman–Crippen MR) is 50.4 cm³/mol. The number of nitrogens with two attached hydrogens (primary N) is 1. The van der Waals surface area contributed by atoms with Crippen molar-refractivity contribution in [2.24, 2.45) is 14.1 Å². The van der Waals surface area contributed by atoms with Crippen LogP contribution < -0.4 is 11.3 Å². The van der Waals surface area contributed by atoms with E-state index in [1.165, 1.54) is 4.57 Å². The highest BCUT2D eigenvalue weighted by atomic mass is 16.1. The van der Waals surface area contributed by atoms with Crippen molar-refractivity contribution in [1.82, 2.24) is 14.1 Å². The van der Waals surface area contributed by atoms with Gasteiger partial charge in [0.15, 0.2) is 0 Å². The summed E-state index contributed by atoms with van der Waals surface area (Å²) in [5.41, 5.74) is 7.27. The maximum Gasteiger partial charge on any atom is 0.276 e. The van der Waals surface area contributed by atoms with Gasteiger partial charge in [-0.15, -0.1) is 0 Å². The predicted octanol–water partition coefficient (Wildman–Crippen LogP) is -0.146. The Hall–Kier alpha value is -1.78. The highest BCUT2D eigenvalue weighted by Gasteiger charge is 2.08. The average molecular weight is 178 g/mol. The van der Waals surface area contributed by atoms with Gasteiger partial charge in [0.2, 0.25) is 0 Å². The molecular formula is C8H10N4O. The first-order chi connectivity index (χ1) is 6.11. The van der Waals surface area contributed by atoms with Crippen LogP contribution in [-0.4, -0.2) is 14.1 Å². The second-order valence-corrected chi connectivity index (χ2v) is 3.05. The van der Waals surface area contributed by atoms with Gasteiger partial charge in [0.25, 0.3) is 5.56 Å². The second kappa shape index (κ2) is 2.35. The number of pyridine rings is 1. The van der Waals surface area contributed by atoms with Crippen molar-refractivity contribution in [3.8, 4) is 0 Å². The van der Waals surface area contributed by atoms with Crippen molar-refractivity contribution < 1.29 is 0 Å². The van der Waals surface area contributed by atoms with Crippen molar-refractivity contribution in [3.63, 3.8) is 0 Å². The molecule has 0 atom stereocenters. The smallest absolute Gasteiger partial charge is 0.276 e. The van der Waals surface area contributed by atoms with Crippen LogP contribution >= 0.6 is 0 Å². The van der Waals surface area contributed by atoms with Crippen molar-refractivity contribution in [2.75, 3.05) is 5.73 Å². The lowest BCUT2D eigenvalue weighted by molar-refractivity contribution is 0.854. The summed E-state index contributed by atoms with van der Waals surface area (Å²) in [5.74, 6) is 0. The first-order valence-corrected chi connectivity index (χ1v) is 3.87. The molecule has 2 heterocycles. The first-order valence-electron chi connectivity index (χ1n) is 3.87. The summed E-state index contributed by atoms with van der Waals surface area (Å²) < 4.78 is 3.13. The quantitative estimate of drug-likeness (QED) is 0.610. The fraction of sp³-hybridized carbons (Fsp3) is 0.250. The largest absolute Gasteiger partial charge is 0.396 e. The van der Waals surface area contributed by atoms with Crippen LogP contribution in [0.5, 0.6) is 0 Å². The number of imidazole rings is 1. The molecule has 2 aromatic heterocycles. The van der Waals surface area contributed by atoms with Gasteiger partial charge < -0.3 is 14.9 Å². The normalized spacial score (nSPS) is 10.9. The summed E-state index contributed by atoms with van der Waals surface area (Å²) in [5, 5.41) is 0. The first kappa shape index (κ1) is 7.85. The zero-order valence-electron chi connectivity index (χ0n) is 7.48.